The number of carbonyl (C=O) groups is 4. The highest BCUT2D eigenvalue weighted by atomic mass is 16.4. The number of hydrogen-bond donors (Lipinski definition) is 4. The van der Waals surface area contributed by atoms with Gasteiger partial charge in [-0.05, 0) is 35.9 Å². The predicted octanol–water partition coefficient (Wildman–Crippen LogP) is 1.17. The molecule has 1 atom stereocenters. The van der Waals surface area contributed by atoms with Crippen molar-refractivity contribution in [1.29, 1.82) is 0 Å². The summed E-state index contributed by atoms with van der Waals surface area (Å²) in [5.41, 5.74) is 6.86. The second-order valence-corrected chi connectivity index (χ2v) is 5.90. The number of nitrogens with two attached hydrogens (primary N) is 1. The molecular weight excluding hydrogens is 350 g/mol. The highest BCUT2D eigenvalue weighted by Crippen LogP contribution is 2.12. The van der Waals surface area contributed by atoms with Crippen LogP contribution in [0, 0.1) is 0 Å². The maximum Gasteiger partial charge on any atom is 0.335 e. The summed E-state index contributed by atoms with van der Waals surface area (Å²) in [6.07, 6.45) is 0.117. The van der Waals surface area contributed by atoms with E-state index < -0.39 is 23.8 Å². The summed E-state index contributed by atoms with van der Waals surface area (Å²) >= 11 is 0. The molecule has 0 aromatic heterocycles. The van der Waals surface area contributed by atoms with Gasteiger partial charge in [0.25, 0.3) is 5.91 Å². The quantitative estimate of drug-likeness (QED) is 0.580. The van der Waals surface area contributed by atoms with E-state index in [1.54, 1.807) is 30.3 Å². The summed E-state index contributed by atoms with van der Waals surface area (Å²) in [6.45, 7) is 1.35. The zero-order valence-electron chi connectivity index (χ0n) is 14.6. The standard InChI is InChI=1S/C19H19N3O5/c1-11(23)21-15-4-2-3-14(10-15)18(25)22-16(17(20)24)9-12-5-7-13(8-6-12)19(26)27/h2-8,10,16H,9H2,1H3,(H2,20,24)(H,21,23)(H,22,25)(H,26,27)/t16-/m0/s1. The number of rotatable bonds is 7. The molecule has 8 heteroatoms. The molecule has 0 heterocycles. The lowest BCUT2D eigenvalue weighted by Gasteiger charge is -2.16. The number of aromatic carboxylic acids is 1. The Bertz CT molecular complexity index is 877. The van der Waals surface area contributed by atoms with Crippen molar-refractivity contribution in [3.8, 4) is 0 Å². The summed E-state index contributed by atoms with van der Waals surface area (Å²) in [5.74, 6) is -2.57. The zero-order valence-corrected chi connectivity index (χ0v) is 14.6. The van der Waals surface area contributed by atoms with E-state index in [0.29, 0.717) is 11.3 Å². The van der Waals surface area contributed by atoms with Crippen LogP contribution < -0.4 is 16.4 Å². The summed E-state index contributed by atoms with van der Waals surface area (Å²) in [5, 5.41) is 14.0. The lowest BCUT2D eigenvalue weighted by atomic mass is 10.0. The fourth-order valence-corrected chi connectivity index (χ4v) is 2.42. The van der Waals surface area contributed by atoms with Crippen molar-refractivity contribution in [3.63, 3.8) is 0 Å². The lowest BCUT2D eigenvalue weighted by molar-refractivity contribution is -0.119. The largest absolute Gasteiger partial charge is 0.478 e. The molecule has 0 fully saturated rings. The Labute approximate surface area is 155 Å². The van der Waals surface area contributed by atoms with Gasteiger partial charge in [0.15, 0.2) is 0 Å². The minimum absolute atomic E-state index is 0.117. The second-order valence-electron chi connectivity index (χ2n) is 5.90. The van der Waals surface area contributed by atoms with Crippen molar-refractivity contribution in [2.45, 2.75) is 19.4 Å². The first-order valence-electron chi connectivity index (χ1n) is 8.06. The first-order chi connectivity index (χ1) is 12.8. The Hall–Kier alpha value is -3.68. The van der Waals surface area contributed by atoms with Gasteiger partial charge in [0.1, 0.15) is 6.04 Å². The number of benzene rings is 2. The van der Waals surface area contributed by atoms with E-state index in [0.717, 1.165) is 0 Å². The molecule has 0 bridgehead atoms. The smallest absolute Gasteiger partial charge is 0.335 e. The van der Waals surface area contributed by atoms with Gasteiger partial charge in [-0.3, -0.25) is 14.4 Å². The number of primary amides is 1. The molecule has 3 amide bonds. The number of carboxylic acids is 1. The molecule has 0 radical (unpaired) electrons. The van der Waals surface area contributed by atoms with E-state index in [-0.39, 0.29) is 23.5 Å². The van der Waals surface area contributed by atoms with Crippen LogP contribution in [0.25, 0.3) is 0 Å². The summed E-state index contributed by atoms with van der Waals surface area (Å²) in [4.78, 5) is 46.1. The Morgan fingerprint density at radius 2 is 1.70 bits per heavy atom. The zero-order chi connectivity index (χ0) is 20.0. The molecular formula is C19H19N3O5. The van der Waals surface area contributed by atoms with E-state index in [1.807, 2.05) is 0 Å². The number of amides is 3. The van der Waals surface area contributed by atoms with E-state index in [1.165, 1.54) is 25.1 Å². The van der Waals surface area contributed by atoms with E-state index in [4.69, 9.17) is 10.8 Å². The predicted molar refractivity (Wildman–Crippen MR) is 98.3 cm³/mol. The summed E-state index contributed by atoms with van der Waals surface area (Å²) in [7, 11) is 0. The average molecular weight is 369 g/mol. The van der Waals surface area contributed by atoms with Crippen LogP contribution in [0.15, 0.2) is 48.5 Å². The number of nitrogens with one attached hydrogen (secondary N) is 2. The highest BCUT2D eigenvalue weighted by molar-refractivity contribution is 5.99. The molecule has 8 nitrogen and oxygen atoms in total. The van der Waals surface area contributed by atoms with Crippen molar-refractivity contribution in [1.82, 2.24) is 5.32 Å². The van der Waals surface area contributed by atoms with Gasteiger partial charge in [-0.25, -0.2) is 4.79 Å². The van der Waals surface area contributed by atoms with Crippen LogP contribution in [0.3, 0.4) is 0 Å². The number of hydrogen-bond acceptors (Lipinski definition) is 4. The molecule has 2 rings (SSSR count). The van der Waals surface area contributed by atoms with Crippen molar-refractivity contribution < 1.29 is 24.3 Å². The Morgan fingerprint density at radius 1 is 1.04 bits per heavy atom. The molecule has 0 saturated carbocycles. The first kappa shape index (κ1) is 19.6. The molecule has 27 heavy (non-hydrogen) atoms. The first-order valence-corrected chi connectivity index (χ1v) is 8.06. The van der Waals surface area contributed by atoms with Crippen molar-refractivity contribution in [3.05, 3.63) is 65.2 Å². The minimum Gasteiger partial charge on any atom is -0.478 e. The van der Waals surface area contributed by atoms with Crippen LogP contribution in [0.4, 0.5) is 5.69 Å². The third-order valence-electron chi connectivity index (χ3n) is 3.73. The van der Waals surface area contributed by atoms with Crippen molar-refractivity contribution in [2.75, 3.05) is 5.32 Å². The van der Waals surface area contributed by atoms with Crippen molar-refractivity contribution >= 4 is 29.4 Å². The normalized spacial score (nSPS) is 11.3. The maximum absolute atomic E-state index is 12.4. The van der Waals surface area contributed by atoms with Gasteiger partial charge < -0.3 is 21.5 Å². The Morgan fingerprint density at radius 3 is 2.26 bits per heavy atom. The van der Waals surface area contributed by atoms with Gasteiger partial charge >= 0.3 is 5.97 Å². The van der Waals surface area contributed by atoms with Gasteiger partial charge in [-0.2, -0.15) is 0 Å². The van der Waals surface area contributed by atoms with Gasteiger partial charge in [0.2, 0.25) is 11.8 Å². The third kappa shape index (κ3) is 5.67. The molecule has 5 N–H and O–H groups in total. The molecule has 2 aromatic rings. The van der Waals surface area contributed by atoms with E-state index >= 15 is 0 Å². The number of carboxylic acid groups (broad SMARTS) is 1. The second kappa shape index (κ2) is 8.61. The van der Waals surface area contributed by atoms with Gasteiger partial charge in [-0.1, -0.05) is 18.2 Å². The molecule has 0 aliphatic carbocycles. The summed E-state index contributed by atoms with van der Waals surface area (Å²) in [6, 6.07) is 11.2. The number of carbonyl (C=O) groups excluding carboxylic acids is 3. The third-order valence-corrected chi connectivity index (χ3v) is 3.73. The monoisotopic (exact) mass is 369 g/mol. The topological polar surface area (TPSA) is 139 Å². The maximum atomic E-state index is 12.4. The van der Waals surface area contributed by atoms with E-state index in [2.05, 4.69) is 10.6 Å². The highest BCUT2D eigenvalue weighted by Gasteiger charge is 2.20. The number of anilines is 1. The Kier molecular flexibility index (Phi) is 6.27. The van der Waals surface area contributed by atoms with Gasteiger partial charge in [-0.15, -0.1) is 0 Å². The molecule has 0 aliphatic heterocycles. The van der Waals surface area contributed by atoms with Crippen LogP contribution in [0.5, 0.6) is 0 Å². The molecule has 2 aromatic carbocycles. The fourth-order valence-electron chi connectivity index (χ4n) is 2.42. The van der Waals surface area contributed by atoms with Crippen LogP contribution in [-0.4, -0.2) is 34.8 Å². The summed E-state index contributed by atoms with van der Waals surface area (Å²) < 4.78 is 0. The lowest BCUT2D eigenvalue weighted by Crippen LogP contribution is -2.45. The van der Waals surface area contributed by atoms with Crippen LogP contribution in [0.2, 0.25) is 0 Å². The van der Waals surface area contributed by atoms with Crippen LogP contribution in [0.1, 0.15) is 33.2 Å². The Balaban J connectivity index is 2.11. The average Bonchev–Trinajstić information content (AvgIpc) is 2.61. The molecule has 0 saturated heterocycles. The fraction of sp³-hybridized carbons (Fsp3) is 0.158. The molecule has 0 spiro atoms. The van der Waals surface area contributed by atoms with Gasteiger partial charge in [0, 0.05) is 24.6 Å². The molecule has 140 valence electrons. The van der Waals surface area contributed by atoms with Crippen molar-refractivity contribution in [2.24, 2.45) is 5.73 Å². The van der Waals surface area contributed by atoms with Crippen LogP contribution >= 0.6 is 0 Å². The minimum atomic E-state index is -1.06. The molecule has 0 unspecified atom stereocenters. The van der Waals surface area contributed by atoms with Crippen LogP contribution in [-0.2, 0) is 16.0 Å². The molecule has 0 aliphatic rings. The van der Waals surface area contributed by atoms with Gasteiger partial charge in [0.05, 0.1) is 5.56 Å². The SMILES string of the molecule is CC(=O)Nc1cccc(C(=O)N[C@@H](Cc2ccc(C(=O)O)cc2)C(N)=O)c1. The van der Waals surface area contributed by atoms with E-state index in [9.17, 15) is 19.2 Å².